The van der Waals surface area contributed by atoms with Gasteiger partial charge in [-0.2, -0.15) is 0 Å². The average Bonchev–Trinajstić information content (AvgIpc) is 3.14. The third-order valence-corrected chi connectivity index (χ3v) is 10.1. The molecule has 2 saturated carbocycles. The highest BCUT2D eigenvalue weighted by molar-refractivity contribution is 5.43. The number of fused-ring (bicyclic) bond motifs is 5. The summed E-state index contributed by atoms with van der Waals surface area (Å²) in [5.74, 6) is 7.02. The van der Waals surface area contributed by atoms with Crippen LogP contribution in [-0.4, -0.2) is 32.6 Å². The first-order chi connectivity index (χ1) is 15.5. The van der Waals surface area contributed by atoms with Crippen molar-refractivity contribution in [1.29, 1.82) is 0 Å². The van der Waals surface area contributed by atoms with Gasteiger partial charge in [0.25, 0.3) is 0 Å². The van der Waals surface area contributed by atoms with Crippen molar-refractivity contribution in [2.75, 3.05) is 0 Å². The summed E-state index contributed by atoms with van der Waals surface area (Å²) in [5, 5.41) is 33.3. The Labute approximate surface area is 201 Å². The van der Waals surface area contributed by atoms with Crippen LogP contribution in [0, 0.1) is 34.5 Å². The molecular formula is C30H44O3. The fraction of sp³-hybridized carbons (Fsp3) is 0.733. The van der Waals surface area contributed by atoms with Crippen LogP contribution in [0.5, 0.6) is 0 Å². The fourth-order valence-corrected chi connectivity index (χ4v) is 7.53. The van der Waals surface area contributed by atoms with Crippen LogP contribution in [0.4, 0.5) is 0 Å². The van der Waals surface area contributed by atoms with Crippen molar-refractivity contribution in [2.45, 2.75) is 116 Å². The van der Waals surface area contributed by atoms with Gasteiger partial charge >= 0.3 is 0 Å². The second-order valence-corrected chi connectivity index (χ2v) is 11.7. The zero-order chi connectivity index (χ0) is 24.1. The van der Waals surface area contributed by atoms with E-state index in [1.807, 2.05) is 13.8 Å². The second-order valence-electron chi connectivity index (χ2n) is 11.7. The lowest BCUT2D eigenvalue weighted by Gasteiger charge is -2.57. The first-order valence-electron chi connectivity index (χ1n) is 13.3. The largest absolute Gasteiger partial charge is 0.392 e. The van der Waals surface area contributed by atoms with E-state index in [1.165, 1.54) is 17.6 Å². The Balaban J connectivity index is 1.54. The van der Waals surface area contributed by atoms with Crippen molar-refractivity contribution in [1.82, 2.24) is 0 Å². The maximum absolute atomic E-state index is 11.5. The predicted octanol–water partition coefficient (Wildman–Crippen LogP) is 5.85. The van der Waals surface area contributed by atoms with E-state index in [9.17, 15) is 15.3 Å². The molecule has 0 aromatic rings. The quantitative estimate of drug-likeness (QED) is 0.362. The van der Waals surface area contributed by atoms with Crippen molar-refractivity contribution in [3.05, 3.63) is 34.9 Å². The summed E-state index contributed by atoms with van der Waals surface area (Å²) in [5.41, 5.74) is 2.47. The molecule has 2 fully saturated rings. The van der Waals surface area contributed by atoms with E-state index in [1.54, 1.807) is 5.57 Å². The van der Waals surface area contributed by atoms with E-state index in [0.717, 1.165) is 19.3 Å². The number of hydrogen-bond donors (Lipinski definition) is 3. The van der Waals surface area contributed by atoms with Gasteiger partial charge in [-0.05, 0) is 68.6 Å². The molecule has 3 nitrogen and oxygen atoms in total. The van der Waals surface area contributed by atoms with Gasteiger partial charge in [-0.25, -0.2) is 0 Å². The van der Waals surface area contributed by atoms with Gasteiger partial charge < -0.3 is 15.3 Å². The maximum Gasteiger partial charge on any atom is 0.125 e. The fourth-order valence-electron chi connectivity index (χ4n) is 7.53. The molecule has 0 spiro atoms. The van der Waals surface area contributed by atoms with E-state index < -0.39 is 17.3 Å². The molecule has 4 rings (SSSR count). The molecule has 0 aromatic heterocycles. The molecule has 182 valence electrons. The van der Waals surface area contributed by atoms with Crippen molar-refractivity contribution in [3.8, 4) is 11.8 Å². The van der Waals surface area contributed by atoms with Crippen LogP contribution in [0.2, 0.25) is 0 Å². The van der Waals surface area contributed by atoms with Crippen LogP contribution >= 0.6 is 0 Å². The van der Waals surface area contributed by atoms with Gasteiger partial charge in [0, 0.05) is 18.3 Å². The third-order valence-electron chi connectivity index (χ3n) is 10.1. The van der Waals surface area contributed by atoms with Crippen LogP contribution in [0.1, 0.15) is 98.8 Å². The molecule has 3 N–H and O–H groups in total. The van der Waals surface area contributed by atoms with E-state index >= 15 is 0 Å². The number of hydrogen-bond acceptors (Lipinski definition) is 3. The smallest absolute Gasteiger partial charge is 0.125 e. The van der Waals surface area contributed by atoms with Crippen molar-refractivity contribution >= 4 is 0 Å². The van der Waals surface area contributed by atoms with Gasteiger partial charge in [0.1, 0.15) is 5.60 Å². The molecule has 0 saturated heterocycles. The SMILES string of the molecule is CCC1=CC[C@H]2C3=CC=C4C[C@](O)(CCC#CC(O)(CC)CC)C[C@H](O)[C@]4(C)[C@H]3CC[C@]12C. The Morgan fingerprint density at radius 1 is 1.12 bits per heavy atom. The van der Waals surface area contributed by atoms with Crippen LogP contribution in [0.25, 0.3) is 0 Å². The lowest BCUT2D eigenvalue weighted by Crippen LogP contribution is -2.55. The standard InChI is InChI=1S/C30H44O3/c1-6-21-12-14-24-23-13-11-22-19-30(33,17-10-9-16-29(32,7-2)8-3)20-26(31)28(22,5)25(23)15-18-27(21,24)4/h11-13,24-26,31-33H,6-8,10,14-15,17-20H2,1-5H3/t24-,25-,26-,27+,28-,30+/m0/s1. The molecule has 0 amide bonds. The molecule has 33 heavy (non-hydrogen) atoms. The number of rotatable bonds is 5. The predicted molar refractivity (Wildman–Crippen MR) is 134 cm³/mol. The number of aliphatic hydroxyl groups excluding tert-OH is 1. The lowest BCUT2D eigenvalue weighted by molar-refractivity contribution is -0.0972. The third kappa shape index (κ3) is 3.97. The summed E-state index contributed by atoms with van der Waals surface area (Å²) in [6.07, 6.45) is 14.3. The normalized spacial score (nSPS) is 39.9. The molecule has 0 aromatic carbocycles. The Bertz CT molecular complexity index is 926. The van der Waals surface area contributed by atoms with Crippen LogP contribution in [-0.2, 0) is 0 Å². The average molecular weight is 453 g/mol. The second kappa shape index (κ2) is 8.71. The van der Waals surface area contributed by atoms with Gasteiger partial charge in [-0.15, -0.1) is 5.92 Å². The van der Waals surface area contributed by atoms with Gasteiger partial charge in [0.2, 0.25) is 0 Å². The van der Waals surface area contributed by atoms with Gasteiger partial charge in [-0.3, -0.25) is 0 Å². The van der Waals surface area contributed by atoms with Gasteiger partial charge in [0.05, 0.1) is 11.7 Å². The molecule has 0 radical (unpaired) electrons. The molecular weight excluding hydrogens is 408 g/mol. The molecule has 3 heteroatoms. The lowest BCUT2D eigenvalue weighted by atomic mass is 9.48. The molecule has 4 aliphatic carbocycles. The highest BCUT2D eigenvalue weighted by atomic mass is 16.3. The van der Waals surface area contributed by atoms with E-state index in [0.29, 0.717) is 50.4 Å². The summed E-state index contributed by atoms with van der Waals surface area (Å²) < 4.78 is 0. The summed E-state index contributed by atoms with van der Waals surface area (Å²) in [4.78, 5) is 0. The summed E-state index contributed by atoms with van der Waals surface area (Å²) in [6.45, 7) is 10.9. The Morgan fingerprint density at radius 2 is 1.85 bits per heavy atom. The number of allylic oxidation sites excluding steroid dienone is 5. The number of aliphatic hydroxyl groups is 3. The molecule has 0 heterocycles. The van der Waals surface area contributed by atoms with Crippen molar-refractivity contribution in [2.24, 2.45) is 22.7 Å². The molecule has 0 aliphatic heterocycles. The summed E-state index contributed by atoms with van der Waals surface area (Å²) >= 11 is 0. The zero-order valence-corrected chi connectivity index (χ0v) is 21.4. The van der Waals surface area contributed by atoms with Gasteiger partial charge in [0.15, 0.2) is 0 Å². The van der Waals surface area contributed by atoms with Crippen LogP contribution < -0.4 is 0 Å². The van der Waals surface area contributed by atoms with E-state index in [2.05, 4.69) is 50.8 Å². The van der Waals surface area contributed by atoms with Crippen molar-refractivity contribution in [3.63, 3.8) is 0 Å². The van der Waals surface area contributed by atoms with E-state index in [4.69, 9.17) is 0 Å². The Kier molecular flexibility index (Phi) is 6.54. The topological polar surface area (TPSA) is 60.7 Å². The molecule has 6 atom stereocenters. The highest BCUT2D eigenvalue weighted by Gasteiger charge is 2.58. The monoisotopic (exact) mass is 452 g/mol. The molecule has 4 aliphatic rings. The minimum Gasteiger partial charge on any atom is -0.392 e. The maximum atomic E-state index is 11.5. The van der Waals surface area contributed by atoms with Crippen LogP contribution in [0.15, 0.2) is 34.9 Å². The van der Waals surface area contributed by atoms with E-state index in [-0.39, 0.29) is 10.8 Å². The molecule has 0 unspecified atom stereocenters. The first-order valence-corrected chi connectivity index (χ1v) is 13.3. The minimum atomic E-state index is -0.936. The Hall–Kier alpha value is -1.34. The highest BCUT2D eigenvalue weighted by Crippen LogP contribution is 2.64. The molecule has 0 bridgehead atoms. The Morgan fingerprint density at radius 3 is 2.52 bits per heavy atom. The van der Waals surface area contributed by atoms with Gasteiger partial charge in [-0.1, -0.05) is 75.5 Å². The first kappa shape index (κ1) is 24.8. The summed E-state index contributed by atoms with van der Waals surface area (Å²) in [6, 6.07) is 0. The summed E-state index contributed by atoms with van der Waals surface area (Å²) in [7, 11) is 0. The minimum absolute atomic E-state index is 0.275. The zero-order valence-electron chi connectivity index (χ0n) is 21.4. The van der Waals surface area contributed by atoms with Crippen molar-refractivity contribution < 1.29 is 15.3 Å². The van der Waals surface area contributed by atoms with Crippen LogP contribution in [0.3, 0.4) is 0 Å².